The minimum Gasteiger partial charge on any atom is -0.480 e. The van der Waals surface area contributed by atoms with Gasteiger partial charge < -0.3 is 14.9 Å². The SMILES string of the molecule is CC(Cc1cccs1)N(C)C(=O)N(C)CC(=O)O. The topological polar surface area (TPSA) is 60.9 Å². The third-order valence-corrected chi connectivity index (χ3v) is 3.64. The minimum atomic E-state index is -1.01. The first-order valence-electron chi connectivity index (χ1n) is 5.64. The van der Waals surface area contributed by atoms with Crippen LogP contribution < -0.4 is 0 Å². The number of carboxylic acid groups (broad SMARTS) is 1. The molecule has 0 saturated heterocycles. The maximum atomic E-state index is 11.9. The highest BCUT2D eigenvalue weighted by molar-refractivity contribution is 7.09. The molecule has 0 bridgehead atoms. The van der Waals surface area contributed by atoms with E-state index >= 15 is 0 Å². The zero-order chi connectivity index (χ0) is 13.7. The summed E-state index contributed by atoms with van der Waals surface area (Å²) in [5.74, 6) is -1.01. The fourth-order valence-electron chi connectivity index (χ4n) is 1.59. The van der Waals surface area contributed by atoms with Gasteiger partial charge in [-0.25, -0.2) is 4.79 Å². The molecule has 1 aromatic rings. The van der Waals surface area contributed by atoms with Crippen molar-refractivity contribution in [2.24, 2.45) is 0 Å². The lowest BCUT2D eigenvalue weighted by molar-refractivity contribution is -0.137. The predicted molar refractivity (Wildman–Crippen MR) is 70.9 cm³/mol. The number of amides is 2. The number of nitrogens with zero attached hydrogens (tertiary/aromatic N) is 2. The average Bonchev–Trinajstić information content (AvgIpc) is 2.78. The second kappa shape index (κ2) is 6.39. The molecular weight excluding hydrogens is 252 g/mol. The first-order valence-corrected chi connectivity index (χ1v) is 6.52. The van der Waals surface area contributed by atoms with Gasteiger partial charge in [-0.05, 0) is 18.4 Å². The van der Waals surface area contributed by atoms with Crippen molar-refractivity contribution in [2.75, 3.05) is 20.6 Å². The summed E-state index contributed by atoms with van der Waals surface area (Å²) >= 11 is 1.65. The summed E-state index contributed by atoms with van der Waals surface area (Å²) in [6, 6.07) is 3.76. The number of carboxylic acids is 1. The summed E-state index contributed by atoms with van der Waals surface area (Å²) in [7, 11) is 3.18. The molecule has 0 spiro atoms. The highest BCUT2D eigenvalue weighted by atomic mass is 32.1. The predicted octanol–water partition coefficient (Wildman–Crippen LogP) is 1.75. The Morgan fingerprint density at radius 1 is 1.44 bits per heavy atom. The summed E-state index contributed by atoms with van der Waals surface area (Å²) in [4.78, 5) is 26.5. The third-order valence-electron chi connectivity index (χ3n) is 2.74. The molecule has 2 amide bonds. The van der Waals surface area contributed by atoms with E-state index in [2.05, 4.69) is 0 Å². The van der Waals surface area contributed by atoms with E-state index in [1.807, 2.05) is 24.4 Å². The van der Waals surface area contributed by atoms with Crippen LogP contribution in [-0.2, 0) is 11.2 Å². The van der Waals surface area contributed by atoms with Crippen molar-refractivity contribution in [1.29, 1.82) is 0 Å². The second-order valence-electron chi connectivity index (χ2n) is 4.28. The first kappa shape index (κ1) is 14.5. The van der Waals surface area contributed by atoms with Gasteiger partial charge in [-0.1, -0.05) is 6.07 Å². The van der Waals surface area contributed by atoms with Crippen molar-refractivity contribution in [2.45, 2.75) is 19.4 Å². The fourth-order valence-corrected chi connectivity index (χ4v) is 2.41. The van der Waals surface area contributed by atoms with Crippen LogP contribution in [0.15, 0.2) is 17.5 Å². The van der Waals surface area contributed by atoms with Gasteiger partial charge in [-0.15, -0.1) is 11.3 Å². The van der Waals surface area contributed by atoms with Gasteiger partial charge in [-0.3, -0.25) is 4.79 Å². The van der Waals surface area contributed by atoms with E-state index in [0.717, 1.165) is 6.42 Å². The standard InChI is InChI=1S/C12H18N2O3S/c1-9(7-10-5-4-6-18-10)14(3)12(17)13(2)8-11(15)16/h4-6,9H,7-8H2,1-3H3,(H,15,16). The number of aliphatic carboxylic acids is 1. The van der Waals surface area contributed by atoms with Crippen LogP contribution in [0.25, 0.3) is 0 Å². The maximum Gasteiger partial charge on any atom is 0.323 e. The van der Waals surface area contributed by atoms with Crippen LogP contribution in [0, 0.1) is 0 Å². The van der Waals surface area contributed by atoms with Crippen molar-refractivity contribution in [3.8, 4) is 0 Å². The quantitative estimate of drug-likeness (QED) is 0.886. The van der Waals surface area contributed by atoms with Crippen molar-refractivity contribution >= 4 is 23.3 Å². The van der Waals surface area contributed by atoms with E-state index < -0.39 is 5.97 Å². The number of hydrogen-bond donors (Lipinski definition) is 1. The molecule has 0 aliphatic heterocycles. The molecule has 100 valence electrons. The van der Waals surface area contributed by atoms with Crippen LogP contribution in [0.1, 0.15) is 11.8 Å². The number of rotatable bonds is 5. The van der Waals surface area contributed by atoms with Gasteiger partial charge in [0.25, 0.3) is 0 Å². The highest BCUT2D eigenvalue weighted by Crippen LogP contribution is 2.14. The molecule has 1 N–H and O–H groups in total. The van der Waals surface area contributed by atoms with Gasteiger partial charge in [0.15, 0.2) is 0 Å². The molecule has 0 fully saturated rings. The number of carbonyl (C=O) groups excluding carboxylic acids is 1. The summed E-state index contributed by atoms with van der Waals surface area (Å²) in [6.07, 6.45) is 0.779. The van der Waals surface area contributed by atoms with Gasteiger partial charge >= 0.3 is 12.0 Å². The molecule has 0 radical (unpaired) electrons. The lowest BCUT2D eigenvalue weighted by atomic mass is 10.2. The molecule has 5 nitrogen and oxygen atoms in total. The van der Waals surface area contributed by atoms with Gasteiger partial charge in [0.05, 0.1) is 0 Å². The lowest BCUT2D eigenvalue weighted by Crippen LogP contribution is -2.45. The lowest BCUT2D eigenvalue weighted by Gasteiger charge is -2.28. The fraction of sp³-hybridized carbons (Fsp3) is 0.500. The zero-order valence-corrected chi connectivity index (χ0v) is 11.6. The molecule has 6 heteroatoms. The van der Waals surface area contributed by atoms with Crippen LogP contribution in [0.5, 0.6) is 0 Å². The van der Waals surface area contributed by atoms with Crippen molar-refractivity contribution in [3.05, 3.63) is 22.4 Å². The third kappa shape index (κ3) is 4.03. The molecule has 1 unspecified atom stereocenters. The van der Waals surface area contributed by atoms with Gasteiger partial charge in [0, 0.05) is 31.4 Å². The van der Waals surface area contributed by atoms with Gasteiger partial charge in [0.1, 0.15) is 6.54 Å². The Kier molecular flexibility index (Phi) is 5.15. The number of urea groups is 1. The minimum absolute atomic E-state index is 0.0346. The molecular formula is C12H18N2O3S. The zero-order valence-electron chi connectivity index (χ0n) is 10.8. The summed E-state index contributed by atoms with van der Waals surface area (Å²) < 4.78 is 0. The van der Waals surface area contributed by atoms with Crippen LogP contribution in [-0.4, -0.2) is 53.6 Å². The van der Waals surface area contributed by atoms with Crippen LogP contribution >= 0.6 is 11.3 Å². The molecule has 1 rings (SSSR count). The number of carbonyl (C=O) groups is 2. The largest absolute Gasteiger partial charge is 0.480 e. The van der Waals surface area contributed by atoms with Crippen LogP contribution in [0.3, 0.4) is 0 Å². The molecule has 0 aliphatic rings. The Labute approximate surface area is 111 Å². The average molecular weight is 270 g/mol. The van der Waals surface area contributed by atoms with E-state index in [0.29, 0.717) is 0 Å². The van der Waals surface area contributed by atoms with E-state index in [1.54, 1.807) is 23.3 Å². The number of hydrogen-bond acceptors (Lipinski definition) is 3. The molecule has 0 saturated carbocycles. The molecule has 0 aliphatic carbocycles. The van der Waals surface area contributed by atoms with E-state index in [9.17, 15) is 9.59 Å². The first-order chi connectivity index (χ1) is 8.41. The monoisotopic (exact) mass is 270 g/mol. The summed E-state index contributed by atoms with van der Waals surface area (Å²) in [5.41, 5.74) is 0. The second-order valence-corrected chi connectivity index (χ2v) is 5.31. The number of likely N-dealkylation sites (N-methyl/N-ethyl adjacent to an activating group) is 2. The van der Waals surface area contributed by atoms with Crippen molar-refractivity contribution in [1.82, 2.24) is 9.80 Å². The molecule has 1 atom stereocenters. The van der Waals surface area contributed by atoms with E-state index in [4.69, 9.17) is 5.11 Å². The van der Waals surface area contributed by atoms with Crippen LogP contribution in [0.4, 0.5) is 4.79 Å². The van der Waals surface area contributed by atoms with Crippen LogP contribution in [0.2, 0.25) is 0 Å². The van der Waals surface area contributed by atoms with E-state index in [-0.39, 0.29) is 18.6 Å². The number of thiophene rings is 1. The Balaban J connectivity index is 2.54. The highest BCUT2D eigenvalue weighted by Gasteiger charge is 2.21. The summed E-state index contributed by atoms with van der Waals surface area (Å²) in [5, 5.41) is 10.7. The maximum absolute atomic E-state index is 11.9. The molecule has 0 aromatic carbocycles. The van der Waals surface area contributed by atoms with Gasteiger partial charge in [-0.2, -0.15) is 0 Å². The molecule has 18 heavy (non-hydrogen) atoms. The normalized spacial score (nSPS) is 11.9. The Morgan fingerprint density at radius 2 is 2.11 bits per heavy atom. The van der Waals surface area contributed by atoms with Crippen molar-refractivity contribution in [3.63, 3.8) is 0 Å². The Hall–Kier alpha value is -1.56. The summed E-state index contributed by atoms with van der Waals surface area (Å²) in [6.45, 7) is 1.67. The molecule has 1 heterocycles. The van der Waals surface area contributed by atoms with Gasteiger partial charge in [0.2, 0.25) is 0 Å². The van der Waals surface area contributed by atoms with Crippen molar-refractivity contribution < 1.29 is 14.7 Å². The Bertz CT molecular complexity index is 405. The van der Waals surface area contributed by atoms with E-state index in [1.165, 1.54) is 16.8 Å². The Morgan fingerprint density at radius 3 is 2.61 bits per heavy atom. The molecule has 1 aromatic heterocycles. The smallest absolute Gasteiger partial charge is 0.323 e.